The summed E-state index contributed by atoms with van der Waals surface area (Å²) in [6.07, 6.45) is 1.35. The Hall–Kier alpha value is -2.93. The zero-order valence-electron chi connectivity index (χ0n) is 24.9. The van der Waals surface area contributed by atoms with Crippen molar-refractivity contribution in [2.24, 2.45) is 0 Å². The second kappa shape index (κ2) is 13.8. The van der Waals surface area contributed by atoms with Gasteiger partial charge in [0.15, 0.2) is 17.2 Å². The highest BCUT2D eigenvalue weighted by Gasteiger charge is 2.33. The zero-order valence-corrected chi connectivity index (χ0v) is 28.2. The molecule has 2 aromatic carbocycles. The molecule has 1 fully saturated rings. The quantitative estimate of drug-likeness (QED) is 0.255. The smallest absolute Gasteiger partial charge is 0.351 e. The summed E-state index contributed by atoms with van der Waals surface area (Å²) in [6, 6.07) is 14.5. The van der Waals surface area contributed by atoms with Crippen LogP contribution in [0.5, 0.6) is 5.75 Å². The Morgan fingerprint density at radius 2 is 1.79 bits per heavy atom. The van der Waals surface area contributed by atoms with Crippen LogP contribution < -0.4 is 14.4 Å². The SMILES string of the molecule is COC(=O)c1sc(-c2cccc(N(C3CCNCC3)S(=O)(=O)Cc3ccccc3C)c2)c(Br)c1OCC(=O)OC(C)(C)C. The first-order chi connectivity index (χ1) is 20.3. The van der Waals surface area contributed by atoms with Gasteiger partial charge in [0.25, 0.3) is 0 Å². The number of carbonyl (C=O) groups excluding carboxylic acids is 2. The van der Waals surface area contributed by atoms with Crippen LogP contribution in [0.2, 0.25) is 0 Å². The monoisotopic (exact) mass is 692 g/mol. The largest absolute Gasteiger partial charge is 0.479 e. The fourth-order valence-electron chi connectivity index (χ4n) is 4.90. The lowest BCUT2D eigenvalue weighted by molar-refractivity contribution is -0.157. The lowest BCUT2D eigenvalue weighted by Crippen LogP contribution is -2.46. The minimum absolute atomic E-state index is 0.119. The molecule has 0 spiro atoms. The Morgan fingerprint density at radius 1 is 1.09 bits per heavy atom. The zero-order chi connectivity index (χ0) is 31.4. The van der Waals surface area contributed by atoms with E-state index in [1.165, 1.54) is 7.11 Å². The molecule has 1 aliphatic heterocycles. The van der Waals surface area contributed by atoms with E-state index in [2.05, 4.69) is 21.2 Å². The van der Waals surface area contributed by atoms with E-state index >= 15 is 0 Å². The number of halogens is 1. The van der Waals surface area contributed by atoms with Crippen LogP contribution in [0.3, 0.4) is 0 Å². The van der Waals surface area contributed by atoms with Crippen molar-refractivity contribution < 1.29 is 32.2 Å². The lowest BCUT2D eigenvalue weighted by Gasteiger charge is -2.35. The molecule has 0 amide bonds. The average Bonchev–Trinajstić information content (AvgIpc) is 3.28. The fourth-order valence-corrected chi connectivity index (χ4v) is 8.82. The van der Waals surface area contributed by atoms with E-state index in [1.807, 2.05) is 43.3 Å². The van der Waals surface area contributed by atoms with Crippen LogP contribution in [0, 0.1) is 6.92 Å². The van der Waals surface area contributed by atoms with Gasteiger partial charge in [-0.2, -0.15) is 0 Å². The maximum Gasteiger partial charge on any atom is 0.351 e. The van der Waals surface area contributed by atoms with E-state index in [1.54, 1.807) is 37.2 Å². The van der Waals surface area contributed by atoms with Crippen molar-refractivity contribution in [2.45, 2.75) is 57.9 Å². The van der Waals surface area contributed by atoms with Crippen molar-refractivity contribution in [1.82, 2.24) is 5.32 Å². The molecule has 1 aromatic heterocycles. The van der Waals surface area contributed by atoms with Gasteiger partial charge in [0.2, 0.25) is 10.0 Å². The number of anilines is 1. The molecule has 12 heteroatoms. The van der Waals surface area contributed by atoms with Crippen molar-refractivity contribution >= 4 is 54.9 Å². The number of hydrogen-bond donors (Lipinski definition) is 1. The van der Waals surface area contributed by atoms with E-state index in [0.717, 1.165) is 35.6 Å². The first-order valence-electron chi connectivity index (χ1n) is 13.9. The van der Waals surface area contributed by atoms with Crippen LogP contribution in [-0.4, -0.2) is 58.8 Å². The third kappa shape index (κ3) is 8.17. The van der Waals surface area contributed by atoms with Gasteiger partial charge in [-0.25, -0.2) is 18.0 Å². The van der Waals surface area contributed by atoms with E-state index in [4.69, 9.17) is 14.2 Å². The highest BCUT2D eigenvalue weighted by molar-refractivity contribution is 9.10. The van der Waals surface area contributed by atoms with Crippen LogP contribution in [0.4, 0.5) is 5.69 Å². The Bertz CT molecular complexity index is 1570. The summed E-state index contributed by atoms with van der Waals surface area (Å²) in [4.78, 5) is 25.8. The highest BCUT2D eigenvalue weighted by Crippen LogP contribution is 2.47. The second-order valence-electron chi connectivity index (χ2n) is 11.3. The third-order valence-electron chi connectivity index (χ3n) is 6.84. The van der Waals surface area contributed by atoms with Gasteiger partial charge in [-0.3, -0.25) is 4.31 Å². The number of nitrogens with zero attached hydrogens (tertiary/aromatic N) is 1. The van der Waals surface area contributed by atoms with Gasteiger partial charge >= 0.3 is 11.9 Å². The van der Waals surface area contributed by atoms with Gasteiger partial charge in [0.1, 0.15) is 5.60 Å². The Labute approximate surface area is 265 Å². The number of nitrogens with one attached hydrogen (secondary N) is 1. The predicted octanol–water partition coefficient (Wildman–Crippen LogP) is 6.08. The molecule has 43 heavy (non-hydrogen) atoms. The number of hydrogen-bond acceptors (Lipinski definition) is 9. The molecule has 0 saturated carbocycles. The van der Waals surface area contributed by atoms with Crippen molar-refractivity contribution in [2.75, 3.05) is 31.1 Å². The number of rotatable bonds is 10. The third-order valence-corrected chi connectivity index (χ3v) is 10.8. The Morgan fingerprint density at radius 3 is 2.44 bits per heavy atom. The molecule has 2 heterocycles. The van der Waals surface area contributed by atoms with Crippen molar-refractivity contribution in [1.29, 1.82) is 0 Å². The molecular weight excluding hydrogens is 656 g/mol. The molecule has 232 valence electrons. The van der Waals surface area contributed by atoms with Gasteiger partial charge in [-0.15, -0.1) is 11.3 Å². The summed E-state index contributed by atoms with van der Waals surface area (Å²) in [5, 5.41) is 3.32. The molecule has 1 saturated heterocycles. The highest BCUT2D eigenvalue weighted by atomic mass is 79.9. The minimum atomic E-state index is -3.77. The molecular formula is C31H37BrN2O7S2. The molecule has 4 rings (SSSR count). The van der Waals surface area contributed by atoms with Crippen LogP contribution in [-0.2, 0) is 30.0 Å². The topological polar surface area (TPSA) is 111 Å². The summed E-state index contributed by atoms with van der Waals surface area (Å²) in [6.45, 7) is 8.21. The first kappa shape index (κ1) is 33.0. The Kier molecular flexibility index (Phi) is 10.6. The predicted molar refractivity (Wildman–Crippen MR) is 172 cm³/mol. The van der Waals surface area contributed by atoms with Gasteiger partial charge < -0.3 is 19.5 Å². The van der Waals surface area contributed by atoms with E-state index in [9.17, 15) is 18.0 Å². The average molecular weight is 694 g/mol. The first-order valence-corrected chi connectivity index (χ1v) is 17.2. The standard InChI is InChI=1S/C31H37BrN2O7S2/c1-20-9-6-7-10-22(20)19-43(37,38)34(23-13-15-33-16-14-23)24-12-8-11-21(17-24)28-26(32)27(29(42-28)30(36)39-5)40-18-25(35)41-31(2,3)4/h6-12,17,23,33H,13-16,18-19H2,1-5H3. The molecule has 9 nitrogen and oxygen atoms in total. The van der Waals surface area contributed by atoms with Crippen molar-refractivity contribution in [3.63, 3.8) is 0 Å². The summed E-state index contributed by atoms with van der Waals surface area (Å²) in [5.74, 6) is -1.16. The second-order valence-corrected chi connectivity index (χ2v) is 14.9. The molecule has 0 radical (unpaired) electrons. The maximum atomic E-state index is 14.1. The number of carbonyl (C=O) groups is 2. The molecule has 1 aliphatic rings. The molecule has 3 aromatic rings. The number of esters is 2. The normalized spacial score (nSPS) is 14.3. The van der Waals surface area contributed by atoms with Crippen LogP contribution in [0.1, 0.15) is 54.4 Å². The van der Waals surface area contributed by atoms with E-state index < -0.39 is 34.2 Å². The number of piperidine rings is 1. The number of benzene rings is 2. The summed E-state index contributed by atoms with van der Waals surface area (Å²) in [7, 11) is -2.50. The number of aryl methyl sites for hydroxylation is 1. The van der Waals surface area contributed by atoms with E-state index in [-0.39, 0.29) is 22.4 Å². The maximum absolute atomic E-state index is 14.1. The minimum Gasteiger partial charge on any atom is -0.479 e. The molecule has 0 aliphatic carbocycles. The molecule has 0 atom stereocenters. The van der Waals surface area contributed by atoms with Crippen LogP contribution in [0.15, 0.2) is 53.0 Å². The summed E-state index contributed by atoms with van der Waals surface area (Å²) >= 11 is 4.69. The van der Waals surface area contributed by atoms with Gasteiger partial charge in [0, 0.05) is 6.04 Å². The van der Waals surface area contributed by atoms with Crippen molar-refractivity contribution in [3.8, 4) is 16.2 Å². The number of thiophene rings is 1. The van der Waals surface area contributed by atoms with Crippen molar-refractivity contribution in [3.05, 3.63) is 69.0 Å². The van der Waals surface area contributed by atoms with E-state index in [0.29, 0.717) is 33.4 Å². The number of sulfonamides is 1. The lowest BCUT2D eigenvalue weighted by atomic mass is 10.1. The number of ether oxygens (including phenoxy) is 3. The molecule has 1 N–H and O–H groups in total. The fraction of sp³-hybridized carbons (Fsp3) is 0.419. The van der Waals surface area contributed by atoms with Crippen LogP contribution >= 0.6 is 27.3 Å². The molecule has 0 unspecified atom stereocenters. The van der Waals surface area contributed by atoms with Gasteiger partial charge in [-0.05, 0) is 98.4 Å². The van der Waals surface area contributed by atoms with Crippen LogP contribution in [0.25, 0.3) is 10.4 Å². The summed E-state index contributed by atoms with van der Waals surface area (Å²) < 4.78 is 46.3. The summed E-state index contributed by atoms with van der Waals surface area (Å²) in [5.41, 5.74) is 2.20. The number of methoxy groups -OCH3 is 1. The molecule has 0 bridgehead atoms. The van der Waals surface area contributed by atoms with Gasteiger partial charge in [0.05, 0.1) is 27.9 Å². The van der Waals surface area contributed by atoms with Gasteiger partial charge in [-0.1, -0.05) is 36.4 Å². The Balaban J connectivity index is 1.73.